The summed E-state index contributed by atoms with van der Waals surface area (Å²) in [5.74, 6) is 1.27. The third-order valence-electron chi connectivity index (χ3n) is 2.32. The average Bonchev–Trinajstić information content (AvgIpc) is 2.18. The molecule has 1 unspecified atom stereocenters. The molecule has 1 aromatic heterocycles. The van der Waals surface area contributed by atoms with Crippen LogP contribution in [-0.4, -0.2) is 11.1 Å². The highest BCUT2D eigenvalue weighted by molar-refractivity contribution is 5.23. The molecule has 1 aromatic rings. The highest BCUT2D eigenvalue weighted by Gasteiger charge is 2.04. The maximum absolute atomic E-state index is 5.64. The molecule has 0 aliphatic carbocycles. The molecular formula is C12H19NO. The Morgan fingerprint density at radius 2 is 2.07 bits per heavy atom. The van der Waals surface area contributed by atoms with E-state index in [0.717, 1.165) is 12.3 Å². The Morgan fingerprint density at radius 3 is 2.64 bits per heavy atom. The van der Waals surface area contributed by atoms with E-state index in [4.69, 9.17) is 4.74 Å². The van der Waals surface area contributed by atoms with Gasteiger partial charge in [0.05, 0.1) is 6.10 Å². The van der Waals surface area contributed by atoms with Crippen molar-refractivity contribution in [3.8, 4) is 5.88 Å². The molecule has 78 valence electrons. The minimum Gasteiger partial charge on any atom is -0.475 e. The summed E-state index contributed by atoms with van der Waals surface area (Å²) in [6.45, 7) is 8.51. The normalized spacial score (nSPS) is 12.9. The average molecular weight is 193 g/mol. The zero-order chi connectivity index (χ0) is 10.6. The Balaban J connectivity index is 2.73. The van der Waals surface area contributed by atoms with Gasteiger partial charge in [-0.05, 0) is 30.9 Å². The molecule has 2 nitrogen and oxygen atoms in total. The van der Waals surface area contributed by atoms with Crippen LogP contribution in [0.4, 0.5) is 0 Å². The van der Waals surface area contributed by atoms with Gasteiger partial charge in [0.2, 0.25) is 5.88 Å². The molecule has 0 aliphatic rings. The van der Waals surface area contributed by atoms with Gasteiger partial charge in [-0.1, -0.05) is 20.8 Å². The van der Waals surface area contributed by atoms with E-state index in [1.807, 2.05) is 18.3 Å². The lowest BCUT2D eigenvalue weighted by atomic mass is 10.1. The molecule has 2 heteroatoms. The molecule has 0 fully saturated rings. The number of aromatic nitrogens is 1. The van der Waals surface area contributed by atoms with Crippen LogP contribution in [0.5, 0.6) is 5.88 Å². The first kappa shape index (κ1) is 11.0. The van der Waals surface area contributed by atoms with E-state index in [-0.39, 0.29) is 6.10 Å². The number of pyridine rings is 1. The highest BCUT2D eigenvalue weighted by Crippen LogP contribution is 2.18. The topological polar surface area (TPSA) is 22.1 Å². The second kappa shape index (κ2) is 4.99. The van der Waals surface area contributed by atoms with Gasteiger partial charge in [-0.3, -0.25) is 0 Å². The van der Waals surface area contributed by atoms with E-state index in [2.05, 4.69) is 32.7 Å². The smallest absolute Gasteiger partial charge is 0.213 e. The zero-order valence-electron chi connectivity index (χ0n) is 9.45. The van der Waals surface area contributed by atoms with Gasteiger partial charge in [-0.15, -0.1) is 0 Å². The SMILES string of the molecule is CCC(C)Oc1cc(C(C)C)ccn1. The van der Waals surface area contributed by atoms with Crippen molar-refractivity contribution in [1.82, 2.24) is 4.98 Å². The van der Waals surface area contributed by atoms with Gasteiger partial charge < -0.3 is 4.74 Å². The lowest BCUT2D eigenvalue weighted by molar-refractivity contribution is 0.208. The van der Waals surface area contributed by atoms with E-state index < -0.39 is 0 Å². The fraction of sp³-hybridized carbons (Fsp3) is 0.583. The zero-order valence-corrected chi connectivity index (χ0v) is 9.45. The minimum atomic E-state index is 0.241. The lowest BCUT2D eigenvalue weighted by Crippen LogP contribution is -2.10. The van der Waals surface area contributed by atoms with Crippen LogP contribution >= 0.6 is 0 Å². The summed E-state index contributed by atoms with van der Waals surface area (Å²) in [4.78, 5) is 4.19. The van der Waals surface area contributed by atoms with Crippen LogP contribution in [-0.2, 0) is 0 Å². The molecule has 0 radical (unpaired) electrons. The molecule has 0 saturated heterocycles. The van der Waals surface area contributed by atoms with Crippen molar-refractivity contribution >= 4 is 0 Å². The summed E-state index contributed by atoms with van der Waals surface area (Å²) >= 11 is 0. The summed E-state index contributed by atoms with van der Waals surface area (Å²) < 4.78 is 5.64. The predicted molar refractivity (Wildman–Crippen MR) is 58.7 cm³/mol. The van der Waals surface area contributed by atoms with E-state index in [1.54, 1.807) is 0 Å². The summed E-state index contributed by atoms with van der Waals surface area (Å²) in [5.41, 5.74) is 1.28. The summed E-state index contributed by atoms with van der Waals surface area (Å²) in [7, 11) is 0. The molecule has 1 atom stereocenters. The molecule has 0 aliphatic heterocycles. The Morgan fingerprint density at radius 1 is 1.36 bits per heavy atom. The second-order valence-corrected chi connectivity index (χ2v) is 3.92. The van der Waals surface area contributed by atoms with Crippen molar-refractivity contribution in [1.29, 1.82) is 0 Å². The molecule has 0 amide bonds. The third-order valence-corrected chi connectivity index (χ3v) is 2.32. The minimum absolute atomic E-state index is 0.241. The molecular weight excluding hydrogens is 174 g/mol. The second-order valence-electron chi connectivity index (χ2n) is 3.92. The van der Waals surface area contributed by atoms with Crippen molar-refractivity contribution in [2.75, 3.05) is 0 Å². The van der Waals surface area contributed by atoms with Gasteiger partial charge in [0, 0.05) is 12.3 Å². The highest BCUT2D eigenvalue weighted by atomic mass is 16.5. The lowest BCUT2D eigenvalue weighted by Gasteiger charge is -2.13. The first-order chi connectivity index (χ1) is 6.63. The Labute approximate surface area is 86.3 Å². The van der Waals surface area contributed by atoms with Gasteiger partial charge in [-0.2, -0.15) is 0 Å². The van der Waals surface area contributed by atoms with Gasteiger partial charge in [0.25, 0.3) is 0 Å². The summed E-state index contributed by atoms with van der Waals surface area (Å²) in [6, 6.07) is 4.06. The van der Waals surface area contributed by atoms with Crippen molar-refractivity contribution in [3.63, 3.8) is 0 Å². The first-order valence-corrected chi connectivity index (χ1v) is 5.26. The largest absolute Gasteiger partial charge is 0.475 e. The number of ether oxygens (including phenoxy) is 1. The first-order valence-electron chi connectivity index (χ1n) is 5.26. The van der Waals surface area contributed by atoms with Crippen LogP contribution in [0.1, 0.15) is 45.6 Å². The third kappa shape index (κ3) is 3.02. The standard InChI is InChI=1S/C12H19NO/c1-5-10(4)14-12-8-11(9(2)3)6-7-13-12/h6-10H,5H2,1-4H3. The fourth-order valence-electron chi connectivity index (χ4n) is 1.14. The van der Waals surface area contributed by atoms with Crippen molar-refractivity contribution in [2.45, 2.75) is 46.1 Å². The molecule has 0 spiro atoms. The van der Waals surface area contributed by atoms with Gasteiger partial charge >= 0.3 is 0 Å². The maximum atomic E-state index is 5.64. The van der Waals surface area contributed by atoms with Crippen LogP contribution in [0.15, 0.2) is 18.3 Å². The fourth-order valence-corrected chi connectivity index (χ4v) is 1.14. The van der Waals surface area contributed by atoms with Crippen LogP contribution in [0.3, 0.4) is 0 Å². The maximum Gasteiger partial charge on any atom is 0.213 e. The molecule has 0 saturated carbocycles. The number of nitrogens with zero attached hydrogens (tertiary/aromatic N) is 1. The molecule has 14 heavy (non-hydrogen) atoms. The van der Waals surface area contributed by atoms with Crippen molar-refractivity contribution in [3.05, 3.63) is 23.9 Å². The number of rotatable bonds is 4. The van der Waals surface area contributed by atoms with Gasteiger partial charge in [0.1, 0.15) is 0 Å². The van der Waals surface area contributed by atoms with Crippen molar-refractivity contribution in [2.24, 2.45) is 0 Å². The van der Waals surface area contributed by atoms with Crippen molar-refractivity contribution < 1.29 is 4.74 Å². The predicted octanol–water partition coefficient (Wildman–Crippen LogP) is 3.38. The van der Waals surface area contributed by atoms with Crippen LogP contribution in [0.2, 0.25) is 0 Å². The van der Waals surface area contributed by atoms with E-state index in [1.165, 1.54) is 5.56 Å². The Bertz CT molecular complexity index is 283. The van der Waals surface area contributed by atoms with Crippen LogP contribution < -0.4 is 4.74 Å². The quantitative estimate of drug-likeness (QED) is 0.731. The Hall–Kier alpha value is -1.05. The van der Waals surface area contributed by atoms with E-state index in [9.17, 15) is 0 Å². The number of hydrogen-bond donors (Lipinski definition) is 0. The summed E-state index contributed by atoms with van der Waals surface area (Å²) in [5, 5.41) is 0. The van der Waals surface area contributed by atoms with Gasteiger partial charge in [-0.25, -0.2) is 4.98 Å². The Kier molecular flexibility index (Phi) is 3.93. The monoisotopic (exact) mass is 193 g/mol. The molecule has 1 rings (SSSR count). The van der Waals surface area contributed by atoms with E-state index in [0.29, 0.717) is 5.92 Å². The van der Waals surface area contributed by atoms with E-state index >= 15 is 0 Å². The van der Waals surface area contributed by atoms with Crippen LogP contribution in [0.25, 0.3) is 0 Å². The van der Waals surface area contributed by atoms with Gasteiger partial charge in [0.15, 0.2) is 0 Å². The van der Waals surface area contributed by atoms with Crippen LogP contribution in [0, 0.1) is 0 Å². The molecule has 0 bridgehead atoms. The summed E-state index contributed by atoms with van der Waals surface area (Å²) in [6.07, 6.45) is 3.06. The molecule has 1 heterocycles. The molecule has 0 aromatic carbocycles. The molecule has 0 N–H and O–H groups in total. The number of hydrogen-bond acceptors (Lipinski definition) is 2.